The van der Waals surface area contributed by atoms with Crippen molar-refractivity contribution in [1.82, 2.24) is 19.9 Å². The van der Waals surface area contributed by atoms with Crippen molar-refractivity contribution >= 4 is 0 Å². The van der Waals surface area contributed by atoms with Gasteiger partial charge in [-0.05, 0) is 57.0 Å². The third kappa shape index (κ3) is 5.19. The second kappa shape index (κ2) is 7.99. The fourth-order valence-electron chi connectivity index (χ4n) is 1.92. The summed E-state index contributed by atoms with van der Waals surface area (Å²) >= 11 is 0. The third-order valence-electron chi connectivity index (χ3n) is 2.93. The zero-order valence-corrected chi connectivity index (χ0v) is 13.0. The summed E-state index contributed by atoms with van der Waals surface area (Å²) in [6.45, 7) is -18.1. The molecule has 0 aliphatic rings. The van der Waals surface area contributed by atoms with Gasteiger partial charge < -0.3 is 0 Å². The zero-order chi connectivity index (χ0) is 30.5. The maximum Gasteiger partial charge on any atom is 0.0547 e. The molecule has 3 aromatic rings. The number of hydrogen-bond donors (Lipinski definition) is 0. The van der Waals surface area contributed by atoms with Gasteiger partial charge in [0.25, 0.3) is 0 Å². The highest BCUT2D eigenvalue weighted by Crippen LogP contribution is 2.12. The first-order valence-electron chi connectivity index (χ1n) is 14.7. The van der Waals surface area contributed by atoms with Gasteiger partial charge in [-0.3, -0.25) is 19.9 Å². The number of aryl methyl sites for hydroxylation is 3. The van der Waals surface area contributed by atoms with Crippen LogP contribution in [0.25, 0.3) is 0 Å². The van der Waals surface area contributed by atoms with E-state index in [1.807, 2.05) is 0 Å². The van der Waals surface area contributed by atoms with Crippen molar-refractivity contribution < 1.29 is 20.6 Å². The molecule has 0 radical (unpaired) electrons. The quantitative estimate of drug-likeness (QED) is 0.676. The number of nitrogens with zero attached hydrogens (tertiary/aromatic N) is 4. The van der Waals surface area contributed by atoms with Gasteiger partial charge in [-0.2, -0.15) is 0 Å². The van der Waals surface area contributed by atoms with Crippen molar-refractivity contribution in [3.8, 4) is 0 Å². The van der Waals surface area contributed by atoms with E-state index >= 15 is 0 Å². The van der Waals surface area contributed by atoms with Crippen LogP contribution in [-0.2, 0) is 19.5 Å². The van der Waals surface area contributed by atoms with E-state index in [0.29, 0.717) is 0 Å². The fraction of sp³-hybridized carbons (Fsp3) is 0.286. The lowest BCUT2D eigenvalue weighted by Crippen LogP contribution is -2.24. The van der Waals surface area contributed by atoms with Crippen LogP contribution in [0.4, 0.5) is 0 Å². The molecule has 0 fully saturated rings. The Labute approximate surface area is 170 Å². The number of aromatic nitrogens is 3. The van der Waals surface area contributed by atoms with Gasteiger partial charge in [0, 0.05) is 57.1 Å². The van der Waals surface area contributed by atoms with Crippen molar-refractivity contribution in [1.29, 1.82) is 0 Å². The molecule has 128 valence electrons. The monoisotopic (exact) mass is 347 g/mol. The molecule has 3 rings (SSSR count). The van der Waals surface area contributed by atoms with Gasteiger partial charge in [0.2, 0.25) is 0 Å². The standard InChI is InChI=1S/C21H24N4/c1-16-7-4-10-19(22-16)13-25(14-20-11-5-8-17(2)23-20)15-21-12-6-9-18(3)24-21/h4-12H,13-15H2,1-3H3/i1D3,2D3,3D3,13D2,14D2,15D2. The summed E-state index contributed by atoms with van der Waals surface area (Å²) in [5.41, 5.74) is -3.69. The Morgan fingerprint density at radius 2 is 1.04 bits per heavy atom. The Bertz CT molecular complexity index is 1200. The second-order valence-corrected chi connectivity index (χ2v) is 4.90. The second-order valence-electron chi connectivity index (χ2n) is 4.90. The van der Waals surface area contributed by atoms with E-state index < -0.39 is 74.2 Å². The van der Waals surface area contributed by atoms with Gasteiger partial charge in [0.15, 0.2) is 0 Å². The molecule has 3 heterocycles. The van der Waals surface area contributed by atoms with Crippen molar-refractivity contribution in [3.63, 3.8) is 0 Å². The molecule has 0 saturated carbocycles. The van der Waals surface area contributed by atoms with E-state index in [4.69, 9.17) is 20.6 Å². The molecule has 0 aliphatic carbocycles. The molecular formula is C21H24N4. The van der Waals surface area contributed by atoms with Gasteiger partial charge in [0.05, 0.1) is 17.1 Å². The maximum absolute atomic E-state index is 8.88. The lowest BCUT2D eigenvalue weighted by molar-refractivity contribution is 0.238. The summed E-state index contributed by atoms with van der Waals surface area (Å²) < 4.78 is 122. The van der Waals surface area contributed by atoms with E-state index in [2.05, 4.69) is 15.0 Å². The van der Waals surface area contributed by atoms with Crippen LogP contribution in [0, 0.1) is 20.6 Å². The van der Waals surface area contributed by atoms with Crippen LogP contribution in [0.1, 0.15) is 54.7 Å². The Morgan fingerprint density at radius 1 is 0.680 bits per heavy atom. The van der Waals surface area contributed by atoms with Gasteiger partial charge in [-0.1, -0.05) is 18.2 Å². The number of rotatable bonds is 6. The Morgan fingerprint density at radius 3 is 1.36 bits per heavy atom. The zero-order valence-electron chi connectivity index (χ0n) is 28.0. The molecule has 4 heteroatoms. The lowest BCUT2D eigenvalue weighted by Gasteiger charge is -2.22. The van der Waals surface area contributed by atoms with E-state index in [-0.39, 0.29) is 4.90 Å². The molecular weight excluding hydrogens is 308 g/mol. The first-order chi connectivity index (χ1) is 18.0. The van der Waals surface area contributed by atoms with Crippen LogP contribution in [0.2, 0.25) is 0 Å². The van der Waals surface area contributed by atoms with Crippen molar-refractivity contribution in [3.05, 3.63) is 88.8 Å². The lowest BCUT2D eigenvalue weighted by atomic mass is 10.2. The van der Waals surface area contributed by atoms with E-state index in [0.717, 1.165) is 54.6 Å². The van der Waals surface area contributed by atoms with Gasteiger partial charge in [-0.25, -0.2) is 0 Å². The summed E-state index contributed by atoms with van der Waals surface area (Å²) in [5.74, 6) is 0. The predicted octanol–water partition coefficient (Wildman–Crippen LogP) is 4.00. The normalized spacial score (nSPS) is 23.2. The molecule has 4 nitrogen and oxygen atoms in total. The average molecular weight is 348 g/mol. The van der Waals surface area contributed by atoms with Gasteiger partial charge in [-0.15, -0.1) is 0 Å². The predicted molar refractivity (Wildman–Crippen MR) is 99.9 cm³/mol. The Kier molecular flexibility index (Phi) is 2.11. The highest BCUT2D eigenvalue weighted by Gasteiger charge is 2.11. The number of pyridine rings is 3. The van der Waals surface area contributed by atoms with Crippen LogP contribution in [0.5, 0.6) is 0 Å². The minimum absolute atomic E-state index is 0.0376. The minimum atomic E-state index is -3.25. The summed E-state index contributed by atoms with van der Waals surface area (Å²) in [6.07, 6.45) is 0. The van der Waals surface area contributed by atoms with Crippen LogP contribution < -0.4 is 0 Å². The summed E-state index contributed by atoms with van der Waals surface area (Å²) in [5, 5.41) is 0. The third-order valence-corrected chi connectivity index (χ3v) is 2.93. The van der Waals surface area contributed by atoms with E-state index in [9.17, 15) is 0 Å². The molecule has 0 amide bonds. The van der Waals surface area contributed by atoms with Crippen molar-refractivity contribution in [2.75, 3.05) is 0 Å². The highest BCUT2D eigenvalue weighted by molar-refractivity contribution is 5.14. The van der Waals surface area contributed by atoms with Crippen molar-refractivity contribution in [2.45, 2.75) is 40.0 Å². The smallest absolute Gasteiger partial charge is 0.0547 e. The molecule has 0 atom stereocenters. The molecule has 0 saturated heterocycles. The van der Waals surface area contributed by atoms with E-state index in [1.165, 1.54) is 0 Å². The minimum Gasteiger partial charge on any atom is -0.286 e. The summed E-state index contributed by atoms with van der Waals surface area (Å²) in [7, 11) is 0. The van der Waals surface area contributed by atoms with Gasteiger partial charge >= 0.3 is 0 Å². The van der Waals surface area contributed by atoms with Gasteiger partial charge in [0.1, 0.15) is 0 Å². The summed E-state index contributed by atoms with van der Waals surface area (Å²) in [4.78, 5) is 11.5. The maximum atomic E-state index is 8.88. The van der Waals surface area contributed by atoms with E-state index in [1.54, 1.807) is 0 Å². The molecule has 0 aromatic carbocycles. The molecule has 0 N–H and O–H groups in total. The summed E-state index contributed by atoms with van der Waals surface area (Å²) in [6, 6.07) is 9.88. The molecule has 0 bridgehead atoms. The van der Waals surface area contributed by atoms with Crippen LogP contribution in [-0.4, -0.2) is 19.9 Å². The molecule has 0 spiro atoms. The largest absolute Gasteiger partial charge is 0.286 e. The molecule has 0 aliphatic heterocycles. The Balaban J connectivity index is 2.34. The fourth-order valence-corrected chi connectivity index (χ4v) is 1.92. The highest BCUT2D eigenvalue weighted by atomic mass is 15.1. The number of hydrogen-bond acceptors (Lipinski definition) is 4. The SMILES string of the molecule is [2H]C([2H])([2H])c1cccc(C([2H])([2H])N(C([2H])([2H])c2cccc(C([2H])([2H])[2H])n2)C([2H])([2H])c2cccc(C([2H])([2H])[2H])n2)n1. The average Bonchev–Trinajstić information content (AvgIpc) is 2.82. The van der Waals surface area contributed by atoms with Crippen LogP contribution in [0.15, 0.2) is 54.6 Å². The Hall–Kier alpha value is -2.59. The molecule has 0 unspecified atom stereocenters. The molecule has 3 aromatic heterocycles. The van der Waals surface area contributed by atoms with Crippen LogP contribution in [0.3, 0.4) is 0 Å². The first-order valence-corrected chi connectivity index (χ1v) is 7.24. The van der Waals surface area contributed by atoms with Crippen molar-refractivity contribution in [2.24, 2.45) is 0 Å². The van der Waals surface area contributed by atoms with Crippen LogP contribution >= 0.6 is 0 Å². The molecule has 25 heavy (non-hydrogen) atoms. The first kappa shape index (κ1) is 6.61. The topological polar surface area (TPSA) is 41.9 Å².